The van der Waals surface area contributed by atoms with Crippen molar-refractivity contribution >= 4 is 35.1 Å². The van der Waals surface area contributed by atoms with Crippen LogP contribution in [0.25, 0.3) is 0 Å². The number of benzene rings is 1. The molecular weight excluding hydrogens is 343 g/mol. The lowest BCUT2D eigenvalue weighted by Gasteiger charge is -2.08. The predicted octanol–water partition coefficient (Wildman–Crippen LogP) is 4.04. The van der Waals surface area contributed by atoms with Gasteiger partial charge in [-0.2, -0.15) is 0 Å². The second kappa shape index (κ2) is 11.3. The normalized spacial score (nSPS) is 10.4. The second-order valence-electron chi connectivity index (χ2n) is 4.80. The second-order valence-corrected chi connectivity index (χ2v) is 5.61. The molecule has 0 aliphatic rings. The Balaban J connectivity index is 2.20. The van der Waals surface area contributed by atoms with Crippen molar-refractivity contribution in [3.63, 3.8) is 0 Å². The molecule has 0 aromatic heterocycles. The Kier molecular flexibility index (Phi) is 9.67. The van der Waals surface area contributed by atoms with Gasteiger partial charge in [-0.15, -0.1) is 0 Å². The zero-order valence-electron chi connectivity index (χ0n) is 13.0. The summed E-state index contributed by atoms with van der Waals surface area (Å²) in [5.41, 5.74) is 0. The van der Waals surface area contributed by atoms with Crippen LogP contribution in [0.3, 0.4) is 0 Å². The van der Waals surface area contributed by atoms with Gasteiger partial charge in [0.05, 0.1) is 16.7 Å². The van der Waals surface area contributed by atoms with E-state index < -0.39 is 18.5 Å². The summed E-state index contributed by atoms with van der Waals surface area (Å²) < 4.78 is 14.9. The zero-order valence-corrected chi connectivity index (χ0v) is 14.5. The highest BCUT2D eigenvalue weighted by molar-refractivity contribution is 6.37. The van der Waals surface area contributed by atoms with Gasteiger partial charge in [0.15, 0.2) is 5.75 Å². The molecule has 1 rings (SSSR count). The third kappa shape index (κ3) is 8.21. The molecule has 0 fully saturated rings. The number of hydrogen-bond donors (Lipinski definition) is 0. The minimum absolute atomic E-state index is 0.0722. The third-order valence-electron chi connectivity index (χ3n) is 2.84. The van der Waals surface area contributed by atoms with Crippen molar-refractivity contribution in [1.82, 2.24) is 0 Å². The topological polar surface area (TPSA) is 61.8 Å². The first-order chi connectivity index (χ1) is 11.0. The lowest BCUT2D eigenvalue weighted by molar-refractivity contribution is -0.152. The summed E-state index contributed by atoms with van der Waals surface area (Å²) in [7, 11) is 0. The first-order valence-electron chi connectivity index (χ1n) is 7.42. The molecule has 0 amide bonds. The molecule has 0 heterocycles. The molecule has 1 aromatic carbocycles. The van der Waals surface area contributed by atoms with E-state index in [-0.39, 0.29) is 22.4 Å². The molecule has 0 saturated carbocycles. The molecule has 23 heavy (non-hydrogen) atoms. The van der Waals surface area contributed by atoms with E-state index in [9.17, 15) is 9.59 Å². The standard InChI is InChI=1S/C16H20Cl2O5/c1-2-3-4-5-9-22-14(19)10-21-11-15(20)23-16-12(17)7-6-8-13(16)18/h6-8H,2-5,9-11H2,1H3. The number of unbranched alkanes of at least 4 members (excludes halogenated alkanes) is 3. The number of rotatable bonds is 10. The third-order valence-corrected chi connectivity index (χ3v) is 3.43. The number of carbonyl (C=O) groups excluding carboxylic acids is 2. The smallest absolute Gasteiger partial charge is 0.337 e. The summed E-state index contributed by atoms with van der Waals surface area (Å²) >= 11 is 11.7. The maximum absolute atomic E-state index is 11.6. The van der Waals surface area contributed by atoms with E-state index in [4.69, 9.17) is 37.4 Å². The van der Waals surface area contributed by atoms with Crippen LogP contribution < -0.4 is 4.74 Å². The Morgan fingerprint density at radius 2 is 1.65 bits per heavy atom. The van der Waals surface area contributed by atoms with Gasteiger partial charge in [0.1, 0.15) is 13.2 Å². The van der Waals surface area contributed by atoms with Crippen LogP contribution in [0, 0.1) is 0 Å². The van der Waals surface area contributed by atoms with E-state index in [1.807, 2.05) is 0 Å². The Labute approximate surface area is 145 Å². The molecule has 0 atom stereocenters. The number of halogens is 2. The van der Waals surface area contributed by atoms with E-state index in [0.29, 0.717) is 6.61 Å². The molecule has 5 nitrogen and oxygen atoms in total. The van der Waals surface area contributed by atoms with Crippen LogP contribution in [-0.4, -0.2) is 31.8 Å². The summed E-state index contributed by atoms with van der Waals surface area (Å²) in [6.07, 6.45) is 4.08. The molecule has 0 bridgehead atoms. The summed E-state index contributed by atoms with van der Waals surface area (Å²) in [5, 5.41) is 0.440. The Hall–Kier alpha value is -1.30. The number of carbonyl (C=O) groups is 2. The van der Waals surface area contributed by atoms with E-state index in [1.54, 1.807) is 18.2 Å². The van der Waals surface area contributed by atoms with Crippen LogP contribution in [-0.2, 0) is 19.1 Å². The minimum Gasteiger partial charge on any atom is -0.464 e. The van der Waals surface area contributed by atoms with Gasteiger partial charge < -0.3 is 14.2 Å². The molecule has 0 aliphatic heterocycles. The molecule has 0 unspecified atom stereocenters. The highest BCUT2D eigenvalue weighted by Crippen LogP contribution is 2.32. The Morgan fingerprint density at radius 3 is 2.30 bits per heavy atom. The quantitative estimate of drug-likeness (QED) is 0.357. The van der Waals surface area contributed by atoms with Crippen molar-refractivity contribution in [2.24, 2.45) is 0 Å². The fraction of sp³-hybridized carbons (Fsp3) is 0.500. The van der Waals surface area contributed by atoms with Gasteiger partial charge in [-0.3, -0.25) is 0 Å². The maximum Gasteiger partial charge on any atom is 0.337 e. The molecule has 128 valence electrons. The molecule has 0 radical (unpaired) electrons. The van der Waals surface area contributed by atoms with Gasteiger partial charge in [-0.05, 0) is 18.6 Å². The first-order valence-corrected chi connectivity index (χ1v) is 8.18. The van der Waals surface area contributed by atoms with Gasteiger partial charge in [-0.1, -0.05) is 55.5 Å². The average molecular weight is 363 g/mol. The molecule has 0 spiro atoms. The van der Waals surface area contributed by atoms with Crippen molar-refractivity contribution in [2.45, 2.75) is 32.6 Å². The van der Waals surface area contributed by atoms with Crippen LogP contribution >= 0.6 is 23.2 Å². The lowest BCUT2D eigenvalue weighted by Crippen LogP contribution is -2.20. The summed E-state index contributed by atoms with van der Waals surface area (Å²) in [6, 6.07) is 4.73. The largest absolute Gasteiger partial charge is 0.464 e. The Morgan fingerprint density at radius 1 is 1.00 bits per heavy atom. The summed E-state index contributed by atoms with van der Waals surface area (Å²) in [5.74, 6) is -1.14. The van der Waals surface area contributed by atoms with Crippen molar-refractivity contribution in [1.29, 1.82) is 0 Å². The SMILES string of the molecule is CCCCCCOC(=O)COCC(=O)Oc1c(Cl)cccc1Cl. The van der Waals surface area contributed by atoms with Gasteiger partial charge in [0.25, 0.3) is 0 Å². The first kappa shape index (κ1) is 19.7. The van der Waals surface area contributed by atoms with Crippen LogP contribution in [0.4, 0.5) is 0 Å². The minimum atomic E-state index is -0.698. The molecule has 1 aromatic rings. The van der Waals surface area contributed by atoms with Crippen LogP contribution in [0.5, 0.6) is 5.75 Å². The van der Waals surface area contributed by atoms with Gasteiger partial charge in [0, 0.05) is 0 Å². The number of ether oxygens (including phenoxy) is 3. The maximum atomic E-state index is 11.6. The van der Waals surface area contributed by atoms with Gasteiger partial charge in [0.2, 0.25) is 0 Å². The zero-order chi connectivity index (χ0) is 17.1. The fourth-order valence-electron chi connectivity index (χ4n) is 1.70. The highest BCUT2D eigenvalue weighted by atomic mass is 35.5. The van der Waals surface area contributed by atoms with Crippen LogP contribution in [0.1, 0.15) is 32.6 Å². The van der Waals surface area contributed by atoms with Gasteiger partial charge >= 0.3 is 11.9 Å². The number of hydrogen-bond acceptors (Lipinski definition) is 5. The van der Waals surface area contributed by atoms with E-state index >= 15 is 0 Å². The monoisotopic (exact) mass is 362 g/mol. The molecule has 0 saturated heterocycles. The molecule has 0 N–H and O–H groups in total. The van der Waals surface area contributed by atoms with Crippen LogP contribution in [0.2, 0.25) is 10.0 Å². The number of esters is 2. The molecule has 7 heteroatoms. The van der Waals surface area contributed by atoms with Crippen molar-refractivity contribution in [3.8, 4) is 5.75 Å². The van der Waals surface area contributed by atoms with E-state index in [1.165, 1.54) is 0 Å². The lowest BCUT2D eigenvalue weighted by atomic mass is 10.2. The van der Waals surface area contributed by atoms with E-state index in [0.717, 1.165) is 25.7 Å². The molecular formula is C16H20Cl2O5. The highest BCUT2D eigenvalue weighted by Gasteiger charge is 2.13. The summed E-state index contributed by atoms with van der Waals surface area (Å²) in [4.78, 5) is 23.0. The molecule has 0 aliphatic carbocycles. The summed E-state index contributed by atoms with van der Waals surface area (Å²) in [6.45, 7) is 1.77. The van der Waals surface area contributed by atoms with Crippen molar-refractivity contribution in [3.05, 3.63) is 28.2 Å². The van der Waals surface area contributed by atoms with Crippen LogP contribution in [0.15, 0.2) is 18.2 Å². The fourth-order valence-corrected chi connectivity index (χ4v) is 2.17. The van der Waals surface area contributed by atoms with Gasteiger partial charge in [-0.25, -0.2) is 9.59 Å². The predicted molar refractivity (Wildman–Crippen MR) is 88.0 cm³/mol. The average Bonchev–Trinajstić information content (AvgIpc) is 2.51. The van der Waals surface area contributed by atoms with Crippen molar-refractivity contribution < 1.29 is 23.8 Å². The van der Waals surface area contributed by atoms with Crippen molar-refractivity contribution in [2.75, 3.05) is 19.8 Å². The van der Waals surface area contributed by atoms with E-state index in [2.05, 4.69) is 6.92 Å². The number of para-hydroxylation sites is 1. The Bertz CT molecular complexity index is 499.